The van der Waals surface area contributed by atoms with Gasteiger partial charge < -0.3 is 19.5 Å². The lowest BCUT2D eigenvalue weighted by molar-refractivity contribution is -0.153. The number of ether oxygens (including phenoxy) is 3. The Labute approximate surface area is 159 Å². The number of carbonyl (C=O) groups is 2. The normalized spacial score (nSPS) is 11.4. The van der Waals surface area contributed by atoms with Gasteiger partial charge >= 0.3 is 5.97 Å². The second kappa shape index (κ2) is 10.2. The van der Waals surface area contributed by atoms with Crippen LogP contribution in [0.25, 0.3) is 0 Å². The number of carbonyl (C=O) groups excluding carboxylic acids is 2. The summed E-state index contributed by atoms with van der Waals surface area (Å²) in [7, 11) is 1.60. The lowest BCUT2D eigenvalue weighted by atomic mass is 10.2. The molecule has 0 aliphatic heterocycles. The first-order valence-electron chi connectivity index (χ1n) is 8.82. The van der Waals surface area contributed by atoms with Crippen LogP contribution in [0.1, 0.15) is 25.3 Å². The van der Waals surface area contributed by atoms with Crippen LogP contribution in [0.3, 0.4) is 0 Å². The summed E-state index contributed by atoms with van der Waals surface area (Å²) in [4.78, 5) is 24.0. The van der Waals surface area contributed by atoms with Gasteiger partial charge in [0.05, 0.1) is 13.7 Å². The highest BCUT2D eigenvalue weighted by atomic mass is 16.5. The minimum absolute atomic E-state index is 0.179. The van der Waals surface area contributed by atoms with E-state index >= 15 is 0 Å². The number of aryl methyl sites for hydroxylation is 1. The predicted molar refractivity (Wildman–Crippen MR) is 103 cm³/mol. The molecule has 0 aliphatic carbocycles. The molecule has 0 fully saturated rings. The van der Waals surface area contributed by atoms with Gasteiger partial charge in [-0.2, -0.15) is 0 Å². The molecule has 6 nitrogen and oxygen atoms in total. The number of nitrogens with one attached hydrogen (secondary N) is 1. The fraction of sp³-hybridized carbons (Fsp3) is 0.333. The van der Waals surface area contributed by atoms with E-state index in [0.717, 1.165) is 11.3 Å². The highest BCUT2D eigenvalue weighted by Gasteiger charge is 2.17. The summed E-state index contributed by atoms with van der Waals surface area (Å²) in [5.74, 6) is 0.667. The van der Waals surface area contributed by atoms with Gasteiger partial charge in [0.2, 0.25) is 0 Å². The van der Waals surface area contributed by atoms with Gasteiger partial charge in [0, 0.05) is 12.1 Å². The molecule has 27 heavy (non-hydrogen) atoms. The third-order valence-corrected chi connectivity index (χ3v) is 3.85. The molecule has 6 heteroatoms. The van der Waals surface area contributed by atoms with Gasteiger partial charge in [0.15, 0.2) is 6.10 Å². The fourth-order valence-corrected chi connectivity index (χ4v) is 2.27. The van der Waals surface area contributed by atoms with Crippen molar-refractivity contribution in [3.05, 3.63) is 54.1 Å². The van der Waals surface area contributed by atoms with Crippen LogP contribution in [0.15, 0.2) is 48.5 Å². The van der Waals surface area contributed by atoms with E-state index in [9.17, 15) is 9.59 Å². The van der Waals surface area contributed by atoms with Gasteiger partial charge in [-0.1, -0.05) is 17.7 Å². The Kier molecular flexibility index (Phi) is 7.67. The zero-order valence-electron chi connectivity index (χ0n) is 15.9. The van der Waals surface area contributed by atoms with Crippen LogP contribution >= 0.6 is 0 Å². The number of amides is 1. The summed E-state index contributed by atoms with van der Waals surface area (Å²) in [6.07, 6.45) is -0.184. The molecule has 1 atom stereocenters. The lowest BCUT2D eigenvalue weighted by Crippen LogP contribution is -2.30. The van der Waals surface area contributed by atoms with Crippen LogP contribution in [0.4, 0.5) is 5.69 Å². The molecular weight excluding hydrogens is 346 g/mol. The van der Waals surface area contributed by atoms with Crippen molar-refractivity contribution in [2.75, 3.05) is 19.0 Å². The topological polar surface area (TPSA) is 73.9 Å². The Hall–Kier alpha value is -3.02. The van der Waals surface area contributed by atoms with Gasteiger partial charge in [0.25, 0.3) is 5.91 Å². The van der Waals surface area contributed by atoms with Crippen molar-refractivity contribution in [2.24, 2.45) is 0 Å². The van der Waals surface area contributed by atoms with E-state index in [0.29, 0.717) is 24.5 Å². The number of hydrogen-bond donors (Lipinski definition) is 1. The van der Waals surface area contributed by atoms with Crippen molar-refractivity contribution in [3.8, 4) is 11.5 Å². The first kappa shape index (κ1) is 20.3. The van der Waals surface area contributed by atoms with Gasteiger partial charge in [-0.25, -0.2) is 0 Å². The standard InChI is InChI=1S/C21H25NO5/c1-15-6-8-17(9-7-15)22-21(24)16(2)27-20(23)5-4-14-26-19-12-10-18(25-3)11-13-19/h6-13,16H,4-5,14H2,1-3H3,(H,22,24)/t16-/m1/s1. The summed E-state index contributed by atoms with van der Waals surface area (Å²) in [5, 5.41) is 2.72. The molecule has 0 aliphatic rings. The number of anilines is 1. The second-order valence-electron chi connectivity index (χ2n) is 6.11. The third kappa shape index (κ3) is 7.01. The maximum Gasteiger partial charge on any atom is 0.306 e. The second-order valence-corrected chi connectivity index (χ2v) is 6.11. The molecule has 1 amide bonds. The molecule has 2 rings (SSSR count). The molecule has 0 bridgehead atoms. The Morgan fingerprint density at radius 2 is 1.63 bits per heavy atom. The number of methoxy groups -OCH3 is 1. The maximum atomic E-state index is 12.1. The van der Waals surface area contributed by atoms with Gasteiger partial charge in [-0.15, -0.1) is 0 Å². The summed E-state index contributed by atoms with van der Waals surface area (Å²) in [6.45, 7) is 3.90. The number of benzene rings is 2. The molecule has 0 spiro atoms. The first-order chi connectivity index (χ1) is 13.0. The molecule has 2 aromatic rings. The lowest BCUT2D eigenvalue weighted by Gasteiger charge is -2.14. The van der Waals surface area contributed by atoms with Crippen LogP contribution in [0, 0.1) is 6.92 Å². The quantitative estimate of drug-likeness (QED) is 0.537. The highest BCUT2D eigenvalue weighted by molar-refractivity contribution is 5.95. The smallest absolute Gasteiger partial charge is 0.306 e. The van der Waals surface area contributed by atoms with E-state index in [1.165, 1.54) is 0 Å². The van der Waals surface area contributed by atoms with E-state index in [1.807, 2.05) is 19.1 Å². The van der Waals surface area contributed by atoms with E-state index in [-0.39, 0.29) is 12.3 Å². The Bertz CT molecular complexity index is 740. The molecule has 144 valence electrons. The van der Waals surface area contributed by atoms with E-state index in [2.05, 4.69) is 5.32 Å². The van der Waals surface area contributed by atoms with E-state index in [4.69, 9.17) is 14.2 Å². The molecule has 2 aromatic carbocycles. The average Bonchev–Trinajstić information content (AvgIpc) is 2.67. The zero-order valence-corrected chi connectivity index (χ0v) is 15.9. The van der Waals surface area contributed by atoms with Crippen LogP contribution in [-0.2, 0) is 14.3 Å². The van der Waals surface area contributed by atoms with Crippen molar-refractivity contribution in [3.63, 3.8) is 0 Å². The summed E-state index contributed by atoms with van der Waals surface area (Å²) >= 11 is 0. The molecule has 0 saturated carbocycles. The van der Waals surface area contributed by atoms with Gasteiger partial charge in [0.1, 0.15) is 11.5 Å². The summed E-state index contributed by atoms with van der Waals surface area (Å²) in [5.41, 5.74) is 1.77. The predicted octanol–water partition coefficient (Wildman–Crippen LogP) is 3.73. The fourth-order valence-electron chi connectivity index (χ4n) is 2.27. The molecular formula is C21H25NO5. The van der Waals surface area contributed by atoms with Crippen LogP contribution in [-0.4, -0.2) is 31.7 Å². The van der Waals surface area contributed by atoms with Crippen LogP contribution < -0.4 is 14.8 Å². The molecule has 0 unspecified atom stereocenters. The molecule has 0 aromatic heterocycles. The van der Waals surface area contributed by atoms with Gasteiger partial charge in [-0.3, -0.25) is 9.59 Å². The minimum Gasteiger partial charge on any atom is -0.497 e. The monoisotopic (exact) mass is 371 g/mol. The zero-order chi connectivity index (χ0) is 19.6. The van der Waals surface area contributed by atoms with Crippen molar-refractivity contribution in [2.45, 2.75) is 32.8 Å². The van der Waals surface area contributed by atoms with Crippen molar-refractivity contribution in [1.29, 1.82) is 0 Å². The largest absolute Gasteiger partial charge is 0.497 e. The van der Waals surface area contributed by atoms with Crippen LogP contribution in [0.2, 0.25) is 0 Å². The number of hydrogen-bond acceptors (Lipinski definition) is 5. The Balaban J connectivity index is 1.66. The molecule has 1 N–H and O–H groups in total. The Morgan fingerprint density at radius 1 is 1.00 bits per heavy atom. The van der Waals surface area contributed by atoms with E-state index in [1.54, 1.807) is 50.4 Å². The average molecular weight is 371 g/mol. The molecule has 0 radical (unpaired) electrons. The Morgan fingerprint density at radius 3 is 2.26 bits per heavy atom. The van der Waals surface area contributed by atoms with Crippen molar-refractivity contribution in [1.82, 2.24) is 0 Å². The van der Waals surface area contributed by atoms with Gasteiger partial charge in [-0.05, 0) is 56.7 Å². The van der Waals surface area contributed by atoms with Crippen molar-refractivity contribution < 1.29 is 23.8 Å². The third-order valence-electron chi connectivity index (χ3n) is 3.85. The van der Waals surface area contributed by atoms with E-state index < -0.39 is 12.1 Å². The van der Waals surface area contributed by atoms with Crippen molar-refractivity contribution >= 4 is 17.6 Å². The summed E-state index contributed by atoms with van der Waals surface area (Å²) < 4.78 is 15.8. The SMILES string of the molecule is COc1ccc(OCCCC(=O)O[C@H](C)C(=O)Nc2ccc(C)cc2)cc1. The maximum absolute atomic E-state index is 12.1. The number of esters is 1. The molecule has 0 heterocycles. The highest BCUT2D eigenvalue weighted by Crippen LogP contribution is 2.17. The van der Waals surface area contributed by atoms with Crippen LogP contribution in [0.5, 0.6) is 11.5 Å². The number of rotatable bonds is 9. The first-order valence-corrected chi connectivity index (χ1v) is 8.82. The minimum atomic E-state index is -0.860. The molecule has 0 saturated heterocycles. The summed E-state index contributed by atoms with van der Waals surface area (Å²) in [6, 6.07) is 14.6.